The molecule has 0 fully saturated rings. The molecule has 0 aromatic carbocycles. The third-order valence-corrected chi connectivity index (χ3v) is 5.21. The largest absolute Gasteiger partial charge is 0.480 e. The van der Waals surface area contributed by atoms with E-state index >= 15 is 0 Å². The average Bonchev–Trinajstić information content (AvgIpc) is 2.79. The van der Waals surface area contributed by atoms with Gasteiger partial charge in [0.2, 0.25) is 23.6 Å². The van der Waals surface area contributed by atoms with Crippen LogP contribution in [0.15, 0.2) is 0 Å². The van der Waals surface area contributed by atoms with E-state index < -0.39 is 36.9 Å². The molecule has 196 valence electrons. The Morgan fingerprint density at radius 2 is 1.68 bits per heavy atom. The van der Waals surface area contributed by atoms with Crippen LogP contribution >= 0.6 is 11.8 Å². The zero-order valence-electron chi connectivity index (χ0n) is 20.1. The van der Waals surface area contributed by atoms with Crippen molar-refractivity contribution in [2.24, 2.45) is 0 Å². The molecule has 4 amide bonds. The molecule has 34 heavy (non-hydrogen) atoms. The minimum absolute atomic E-state index is 0.0717. The van der Waals surface area contributed by atoms with Crippen molar-refractivity contribution in [1.29, 1.82) is 0 Å². The summed E-state index contributed by atoms with van der Waals surface area (Å²) in [6, 6.07) is -0.955. The van der Waals surface area contributed by atoms with Gasteiger partial charge < -0.3 is 35.8 Å². The third kappa shape index (κ3) is 18.1. The number of carbonyl (C=O) groups excluding carboxylic acids is 4. The number of ether oxygens (including phenoxy) is 2. The van der Waals surface area contributed by atoms with E-state index in [4.69, 9.17) is 14.6 Å². The lowest BCUT2D eigenvalue weighted by molar-refractivity contribution is -0.138. The number of rotatable bonds is 20. The zero-order chi connectivity index (χ0) is 25.8. The Bertz CT molecular complexity index is 650. The van der Waals surface area contributed by atoms with Gasteiger partial charge in [-0.05, 0) is 33.1 Å². The molecule has 0 spiro atoms. The number of hydrogen-bond acceptors (Lipinski definition) is 8. The van der Waals surface area contributed by atoms with Crippen molar-refractivity contribution < 1.29 is 38.6 Å². The highest BCUT2D eigenvalue weighted by atomic mass is 32.2. The molecule has 5 N–H and O–H groups in total. The summed E-state index contributed by atoms with van der Waals surface area (Å²) < 4.78 is 10.6. The van der Waals surface area contributed by atoms with Gasteiger partial charge in [-0.2, -0.15) is 0 Å². The lowest BCUT2D eigenvalue weighted by Crippen LogP contribution is -2.49. The Balaban J connectivity index is 4.65. The van der Waals surface area contributed by atoms with Crippen LogP contribution in [0.25, 0.3) is 0 Å². The number of carbonyl (C=O) groups is 5. The van der Waals surface area contributed by atoms with Crippen LogP contribution in [0.3, 0.4) is 0 Å². The van der Waals surface area contributed by atoms with E-state index in [9.17, 15) is 24.0 Å². The third-order valence-electron chi connectivity index (χ3n) is 4.18. The van der Waals surface area contributed by atoms with Gasteiger partial charge in [0, 0.05) is 26.2 Å². The molecule has 0 aliphatic carbocycles. The fourth-order valence-corrected chi connectivity index (χ4v) is 3.27. The first kappa shape index (κ1) is 31.6. The molecule has 0 heterocycles. The molecule has 0 aromatic rings. The van der Waals surface area contributed by atoms with Crippen LogP contribution in [-0.2, 0) is 33.4 Å². The Hall–Kier alpha value is -2.38. The van der Waals surface area contributed by atoms with Gasteiger partial charge in [0.05, 0.1) is 18.9 Å². The molecule has 0 bridgehead atoms. The van der Waals surface area contributed by atoms with E-state index in [1.54, 1.807) is 0 Å². The highest BCUT2D eigenvalue weighted by Gasteiger charge is 2.22. The second-order valence-electron chi connectivity index (χ2n) is 7.20. The summed E-state index contributed by atoms with van der Waals surface area (Å²) in [5.41, 5.74) is -0.189. The van der Waals surface area contributed by atoms with E-state index in [1.165, 1.54) is 11.8 Å². The van der Waals surface area contributed by atoms with Gasteiger partial charge in [-0.25, -0.2) is 0 Å². The van der Waals surface area contributed by atoms with E-state index in [-0.39, 0.29) is 35.8 Å². The number of aliphatic carboxylic acids is 1. The van der Waals surface area contributed by atoms with E-state index in [2.05, 4.69) is 21.3 Å². The summed E-state index contributed by atoms with van der Waals surface area (Å²) in [4.78, 5) is 59.0. The fraction of sp³-hybridized carbons (Fsp3) is 0.762. The second-order valence-corrected chi connectivity index (χ2v) is 8.48. The molecule has 0 saturated carbocycles. The maximum Gasteiger partial charge on any atom is 0.322 e. The van der Waals surface area contributed by atoms with Gasteiger partial charge >= 0.3 is 5.97 Å². The Morgan fingerprint density at radius 3 is 2.32 bits per heavy atom. The molecular weight excluding hydrogens is 468 g/mol. The van der Waals surface area contributed by atoms with E-state index in [0.717, 1.165) is 6.42 Å². The zero-order valence-corrected chi connectivity index (χ0v) is 21.0. The molecule has 13 heteroatoms. The number of carboxylic acid groups (broad SMARTS) is 1. The first-order valence-corrected chi connectivity index (χ1v) is 12.4. The Morgan fingerprint density at radius 1 is 0.941 bits per heavy atom. The van der Waals surface area contributed by atoms with Crippen molar-refractivity contribution in [3.63, 3.8) is 0 Å². The van der Waals surface area contributed by atoms with Crippen molar-refractivity contribution in [3.05, 3.63) is 0 Å². The summed E-state index contributed by atoms with van der Waals surface area (Å²) >= 11 is 1.27. The lowest BCUT2D eigenvalue weighted by atomic mass is 10.1. The van der Waals surface area contributed by atoms with Gasteiger partial charge in [-0.3, -0.25) is 24.0 Å². The van der Waals surface area contributed by atoms with Gasteiger partial charge in [0.1, 0.15) is 18.0 Å². The standard InChI is InChI=1S/C21H38N4O8S/c1-4-10-32-11-9-22-17(26)8-6-7-16(25-19(28)14-34-15(3)33-5-2)21(31)24-12-18(27)23-13-20(29)30/h15-16H,4-14H2,1-3H3,(H,22,26)(H,23,27)(H,24,31)(H,25,28)(H,29,30). The van der Waals surface area contributed by atoms with Crippen LogP contribution in [0.2, 0.25) is 0 Å². The van der Waals surface area contributed by atoms with E-state index in [1.807, 2.05) is 20.8 Å². The summed E-state index contributed by atoms with van der Waals surface area (Å²) in [5, 5.41) is 18.4. The van der Waals surface area contributed by atoms with Crippen LogP contribution in [0.5, 0.6) is 0 Å². The monoisotopic (exact) mass is 506 g/mol. The van der Waals surface area contributed by atoms with Crippen LogP contribution < -0.4 is 21.3 Å². The molecule has 0 aliphatic rings. The molecule has 2 unspecified atom stereocenters. The normalized spacial score (nSPS) is 12.3. The van der Waals surface area contributed by atoms with Gasteiger partial charge in [0.15, 0.2) is 0 Å². The first-order chi connectivity index (χ1) is 16.2. The highest BCUT2D eigenvalue weighted by Crippen LogP contribution is 2.11. The van der Waals surface area contributed by atoms with Crippen LogP contribution in [0.1, 0.15) is 46.5 Å². The Labute approximate surface area is 204 Å². The topological polar surface area (TPSA) is 172 Å². The average molecular weight is 507 g/mol. The minimum Gasteiger partial charge on any atom is -0.480 e. The number of nitrogens with one attached hydrogen (secondary N) is 4. The summed E-state index contributed by atoms with van der Waals surface area (Å²) in [5.74, 6) is -2.99. The quantitative estimate of drug-likeness (QED) is 0.109. The SMILES string of the molecule is CCCOCCNC(=O)CCCC(NC(=O)CSC(C)OCC)C(=O)NCC(=O)NCC(=O)O. The van der Waals surface area contributed by atoms with Gasteiger partial charge in [-0.1, -0.05) is 6.92 Å². The smallest absolute Gasteiger partial charge is 0.322 e. The molecule has 0 aliphatic heterocycles. The van der Waals surface area contributed by atoms with Crippen LogP contribution in [0.4, 0.5) is 0 Å². The molecule has 2 atom stereocenters. The van der Waals surface area contributed by atoms with E-state index in [0.29, 0.717) is 32.8 Å². The highest BCUT2D eigenvalue weighted by molar-refractivity contribution is 8.00. The Kier molecular flexibility index (Phi) is 18.6. The van der Waals surface area contributed by atoms with Crippen LogP contribution in [0, 0.1) is 0 Å². The van der Waals surface area contributed by atoms with Crippen molar-refractivity contribution in [3.8, 4) is 0 Å². The second kappa shape index (κ2) is 20.0. The summed E-state index contributed by atoms with van der Waals surface area (Å²) in [7, 11) is 0. The summed E-state index contributed by atoms with van der Waals surface area (Å²) in [6.07, 6.45) is 1.56. The van der Waals surface area contributed by atoms with Crippen molar-refractivity contribution in [1.82, 2.24) is 21.3 Å². The summed E-state index contributed by atoms with van der Waals surface area (Å²) in [6.45, 7) is 6.59. The molecule has 0 rings (SSSR count). The number of amides is 4. The van der Waals surface area contributed by atoms with Gasteiger partial charge in [0.25, 0.3) is 0 Å². The van der Waals surface area contributed by atoms with Crippen molar-refractivity contribution >= 4 is 41.4 Å². The number of hydrogen-bond donors (Lipinski definition) is 5. The molecule has 0 aromatic heterocycles. The van der Waals surface area contributed by atoms with Crippen molar-refractivity contribution in [2.75, 3.05) is 45.2 Å². The first-order valence-electron chi connectivity index (χ1n) is 11.3. The van der Waals surface area contributed by atoms with Crippen LogP contribution in [-0.4, -0.2) is 91.4 Å². The predicted octanol–water partition coefficient (Wildman–Crippen LogP) is -0.383. The maximum absolute atomic E-state index is 12.5. The molecule has 12 nitrogen and oxygen atoms in total. The fourth-order valence-electron chi connectivity index (χ4n) is 2.57. The number of carboxylic acids is 1. The molecule has 0 radical (unpaired) electrons. The number of thioether (sulfide) groups is 1. The minimum atomic E-state index is -1.21. The maximum atomic E-state index is 12.5. The molecular formula is C21H38N4O8S. The predicted molar refractivity (Wildman–Crippen MR) is 127 cm³/mol. The lowest BCUT2D eigenvalue weighted by Gasteiger charge is -2.19. The molecule has 0 saturated heterocycles. The van der Waals surface area contributed by atoms with Gasteiger partial charge in [-0.15, -0.1) is 11.8 Å². The van der Waals surface area contributed by atoms with Crippen molar-refractivity contribution in [2.45, 2.75) is 57.9 Å².